The van der Waals surface area contributed by atoms with Crippen LogP contribution < -0.4 is 0 Å². The fraction of sp³-hybridized carbons (Fsp3) is 0.500. The van der Waals surface area contributed by atoms with Gasteiger partial charge in [-0.2, -0.15) is 0 Å². The third-order valence-electron chi connectivity index (χ3n) is 7.15. The molecule has 1 fully saturated rings. The summed E-state index contributed by atoms with van der Waals surface area (Å²) >= 11 is 0. The van der Waals surface area contributed by atoms with Gasteiger partial charge in [-0.1, -0.05) is 43.7 Å². The molecule has 1 atom stereocenters. The highest BCUT2D eigenvalue weighted by molar-refractivity contribution is 5.81. The van der Waals surface area contributed by atoms with E-state index < -0.39 is 5.60 Å². The number of imidazole rings is 1. The van der Waals surface area contributed by atoms with E-state index in [9.17, 15) is 14.3 Å². The summed E-state index contributed by atoms with van der Waals surface area (Å²) in [5.41, 5.74) is 2.40. The van der Waals surface area contributed by atoms with Crippen molar-refractivity contribution in [2.45, 2.75) is 89.7 Å². The van der Waals surface area contributed by atoms with Gasteiger partial charge < -0.3 is 9.67 Å². The largest absolute Gasteiger partial charge is 0.385 e. The van der Waals surface area contributed by atoms with Gasteiger partial charge in [-0.05, 0) is 63.1 Å². The fourth-order valence-corrected chi connectivity index (χ4v) is 5.24. The number of hydrogen-bond acceptors (Lipinski definition) is 3. The van der Waals surface area contributed by atoms with Gasteiger partial charge in [0.15, 0.2) is 0 Å². The summed E-state index contributed by atoms with van der Waals surface area (Å²) in [7, 11) is 0. The summed E-state index contributed by atoms with van der Waals surface area (Å²) < 4.78 is 16.6. The van der Waals surface area contributed by atoms with E-state index in [1.54, 1.807) is 19.1 Å². The van der Waals surface area contributed by atoms with Gasteiger partial charge in [-0.25, -0.2) is 9.37 Å². The molecule has 0 bridgehead atoms. The maximum absolute atomic E-state index is 14.3. The van der Waals surface area contributed by atoms with Crippen LogP contribution in [0.25, 0.3) is 11.0 Å². The van der Waals surface area contributed by atoms with Crippen molar-refractivity contribution in [2.75, 3.05) is 0 Å². The Kier molecular flexibility index (Phi) is 6.71. The van der Waals surface area contributed by atoms with Crippen molar-refractivity contribution >= 4 is 16.8 Å². The maximum Gasteiger partial charge on any atom is 0.136 e. The molecule has 4 nitrogen and oxygen atoms in total. The molecule has 5 heteroatoms. The minimum Gasteiger partial charge on any atom is -0.385 e. The highest BCUT2D eigenvalue weighted by Gasteiger charge is 2.37. The van der Waals surface area contributed by atoms with Crippen molar-refractivity contribution in [3.63, 3.8) is 0 Å². The summed E-state index contributed by atoms with van der Waals surface area (Å²) in [6.07, 6.45) is 6.95. The van der Waals surface area contributed by atoms with Crippen LogP contribution in [-0.2, 0) is 28.8 Å². The summed E-state index contributed by atoms with van der Waals surface area (Å²) in [6.45, 7) is 6.07. The van der Waals surface area contributed by atoms with Crippen molar-refractivity contribution in [3.05, 3.63) is 65.2 Å². The van der Waals surface area contributed by atoms with Crippen molar-refractivity contribution in [1.82, 2.24) is 9.55 Å². The quantitative estimate of drug-likeness (QED) is 0.399. The summed E-state index contributed by atoms with van der Waals surface area (Å²) in [5.74, 6) is 0.746. The summed E-state index contributed by atoms with van der Waals surface area (Å²) in [4.78, 5) is 17.5. The molecule has 1 aliphatic rings. The van der Waals surface area contributed by atoms with Crippen molar-refractivity contribution < 1.29 is 14.3 Å². The van der Waals surface area contributed by atoms with Gasteiger partial charge in [-0.3, -0.25) is 4.79 Å². The number of halogens is 1. The fourth-order valence-electron chi connectivity index (χ4n) is 5.24. The number of nitrogens with zero attached hydrogens (tertiary/aromatic N) is 2. The Morgan fingerprint density at radius 1 is 1.21 bits per heavy atom. The molecule has 1 aliphatic carbocycles. The lowest BCUT2D eigenvalue weighted by Crippen LogP contribution is -2.38. The minimum absolute atomic E-state index is 0.00535. The molecule has 176 valence electrons. The second-order valence-electron chi connectivity index (χ2n) is 10.1. The number of ketones is 1. The van der Waals surface area contributed by atoms with E-state index in [-0.39, 0.29) is 23.6 Å². The van der Waals surface area contributed by atoms with E-state index in [4.69, 9.17) is 4.98 Å². The minimum atomic E-state index is -1.17. The molecule has 1 saturated carbocycles. The molecule has 2 aromatic carbocycles. The first-order valence-corrected chi connectivity index (χ1v) is 12.2. The van der Waals surface area contributed by atoms with E-state index in [0.29, 0.717) is 19.3 Å². The zero-order chi connectivity index (χ0) is 23.6. The zero-order valence-electron chi connectivity index (χ0n) is 20.0. The second kappa shape index (κ2) is 9.38. The molecule has 4 rings (SSSR count). The molecule has 33 heavy (non-hydrogen) atoms. The number of aromatic nitrogens is 2. The van der Waals surface area contributed by atoms with Gasteiger partial charge in [0.05, 0.1) is 16.6 Å². The van der Waals surface area contributed by atoms with Crippen molar-refractivity contribution in [1.29, 1.82) is 0 Å². The number of carbonyl (C=O) groups excluding carboxylic acids is 1. The third kappa shape index (κ3) is 4.89. The van der Waals surface area contributed by atoms with Crippen molar-refractivity contribution in [3.8, 4) is 0 Å². The third-order valence-corrected chi connectivity index (χ3v) is 7.15. The molecular formula is C28H35FN2O2. The van der Waals surface area contributed by atoms with E-state index in [1.165, 1.54) is 6.42 Å². The zero-order valence-corrected chi connectivity index (χ0v) is 20.0. The molecule has 0 radical (unpaired) electrons. The molecular weight excluding hydrogens is 415 g/mol. The molecule has 1 N–H and O–H groups in total. The van der Waals surface area contributed by atoms with E-state index in [1.807, 2.05) is 30.3 Å². The van der Waals surface area contributed by atoms with Gasteiger partial charge in [0, 0.05) is 30.9 Å². The van der Waals surface area contributed by atoms with Gasteiger partial charge in [0.1, 0.15) is 17.4 Å². The van der Waals surface area contributed by atoms with Crippen LogP contribution in [0.15, 0.2) is 42.5 Å². The number of carbonyl (C=O) groups is 1. The monoisotopic (exact) mass is 450 g/mol. The molecule has 0 amide bonds. The number of hydrogen-bond donors (Lipinski definition) is 1. The Morgan fingerprint density at radius 2 is 1.94 bits per heavy atom. The van der Waals surface area contributed by atoms with Gasteiger partial charge >= 0.3 is 0 Å². The van der Waals surface area contributed by atoms with Crippen LogP contribution in [0.5, 0.6) is 0 Å². The Labute approximate surface area is 195 Å². The SMILES string of the molecule is CCCc1cc(F)cc2nc(CCCC(=O)CC(C)(O)c3ccccc3)n(C3(C)CCC3)c12. The standard InChI is InChI=1S/C28H35FN2O2/c1-4-10-20-17-22(29)18-24-26(20)31(27(2)15-9-16-27)25(30-24)14-8-13-23(32)19-28(3,33)21-11-6-5-7-12-21/h5-7,11-12,17-18,33H,4,8-10,13-16,19H2,1-3H3. The molecule has 0 aliphatic heterocycles. The van der Waals surface area contributed by atoms with Crippen LogP contribution in [0.1, 0.15) is 82.7 Å². The molecule has 1 aromatic heterocycles. The molecule has 1 unspecified atom stereocenters. The van der Waals surface area contributed by atoms with Gasteiger partial charge in [0.25, 0.3) is 0 Å². The molecule has 3 aromatic rings. The first kappa shape index (κ1) is 23.6. The average molecular weight is 451 g/mol. The van der Waals surface area contributed by atoms with E-state index in [2.05, 4.69) is 18.4 Å². The van der Waals surface area contributed by atoms with Crippen LogP contribution >= 0.6 is 0 Å². The Balaban J connectivity index is 1.52. The topological polar surface area (TPSA) is 55.1 Å². The lowest BCUT2D eigenvalue weighted by atomic mass is 9.77. The first-order chi connectivity index (χ1) is 15.7. The predicted molar refractivity (Wildman–Crippen MR) is 130 cm³/mol. The van der Waals surface area contributed by atoms with Crippen molar-refractivity contribution in [2.24, 2.45) is 0 Å². The number of benzene rings is 2. The number of aryl methyl sites for hydroxylation is 2. The normalized spacial score (nSPS) is 17.0. The average Bonchev–Trinajstić information content (AvgIpc) is 3.11. The lowest BCUT2D eigenvalue weighted by Gasteiger charge is -2.41. The molecule has 0 spiro atoms. The Hall–Kier alpha value is -2.53. The van der Waals surface area contributed by atoms with Gasteiger partial charge in [0.2, 0.25) is 0 Å². The van der Waals surface area contributed by atoms with Crippen LogP contribution in [0, 0.1) is 5.82 Å². The molecule has 1 heterocycles. The maximum atomic E-state index is 14.3. The molecule has 0 saturated heterocycles. The van der Waals surface area contributed by atoms with Crippen LogP contribution in [-0.4, -0.2) is 20.4 Å². The summed E-state index contributed by atoms with van der Waals surface area (Å²) in [5, 5.41) is 10.8. The number of fused-ring (bicyclic) bond motifs is 1. The number of Topliss-reactive ketones (excluding diaryl/α,β-unsaturated/α-hetero) is 1. The summed E-state index contributed by atoms with van der Waals surface area (Å²) in [6, 6.07) is 12.5. The highest BCUT2D eigenvalue weighted by atomic mass is 19.1. The van der Waals surface area contributed by atoms with Crippen LogP contribution in [0.3, 0.4) is 0 Å². The highest BCUT2D eigenvalue weighted by Crippen LogP contribution is 2.43. The smallest absolute Gasteiger partial charge is 0.136 e. The van der Waals surface area contributed by atoms with E-state index >= 15 is 0 Å². The first-order valence-electron chi connectivity index (χ1n) is 12.2. The van der Waals surface area contributed by atoms with Crippen LogP contribution in [0.4, 0.5) is 4.39 Å². The Morgan fingerprint density at radius 3 is 2.58 bits per heavy atom. The second-order valence-corrected chi connectivity index (χ2v) is 10.1. The van der Waals surface area contributed by atoms with Gasteiger partial charge in [-0.15, -0.1) is 0 Å². The number of rotatable bonds is 10. The Bertz CT molecular complexity index is 1130. The van der Waals surface area contributed by atoms with Crippen LogP contribution in [0.2, 0.25) is 0 Å². The lowest BCUT2D eigenvalue weighted by molar-refractivity contribution is -0.123. The predicted octanol–water partition coefficient (Wildman–Crippen LogP) is 6.22. The number of aliphatic hydroxyl groups is 1. The van der Waals surface area contributed by atoms with E-state index in [0.717, 1.165) is 53.7 Å².